The van der Waals surface area contributed by atoms with Gasteiger partial charge in [-0.15, -0.1) is 12.4 Å². The zero-order valence-corrected chi connectivity index (χ0v) is 18.9. The Morgan fingerprint density at radius 3 is 2.71 bits per heavy atom. The molecule has 166 valence electrons. The lowest BCUT2D eigenvalue weighted by atomic mass is 9.96. The number of methoxy groups -OCH3 is 1. The van der Waals surface area contributed by atoms with Crippen LogP contribution in [0.2, 0.25) is 5.02 Å². The quantitative estimate of drug-likeness (QED) is 0.483. The molecule has 2 aromatic carbocycles. The van der Waals surface area contributed by atoms with Crippen LogP contribution in [0.1, 0.15) is 29.5 Å². The van der Waals surface area contributed by atoms with Gasteiger partial charge in [0.05, 0.1) is 30.0 Å². The molecule has 0 amide bonds. The van der Waals surface area contributed by atoms with Crippen molar-refractivity contribution in [3.8, 4) is 5.69 Å². The van der Waals surface area contributed by atoms with Gasteiger partial charge in [0.25, 0.3) is 0 Å². The molecule has 0 N–H and O–H groups in total. The average molecular weight is 467 g/mol. The molecule has 0 aliphatic carbocycles. The van der Waals surface area contributed by atoms with Crippen molar-refractivity contribution in [2.75, 3.05) is 13.7 Å². The van der Waals surface area contributed by atoms with Crippen LogP contribution in [-0.4, -0.2) is 35.5 Å². The highest BCUT2D eigenvalue weighted by molar-refractivity contribution is 6.32. The fourth-order valence-corrected chi connectivity index (χ4v) is 4.11. The maximum Gasteiger partial charge on any atom is 0.130 e. The van der Waals surface area contributed by atoms with Crippen molar-refractivity contribution in [3.63, 3.8) is 0 Å². The summed E-state index contributed by atoms with van der Waals surface area (Å²) in [6.45, 7) is 2.48. The van der Waals surface area contributed by atoms with E-state index in [9.17, 15) is 4.39 Å². The summed E-state index contributed by atoms with van der Waals surface area (Å²) in [6.07, 6.45) is 3.33. The fourth-order valence-electron chi connectivity index (χ4n) is 3.83. The van der Waals surface area contributed by atoms with Crippen LogP contribution in [0.15, 0.2) is 54.9 Å². The Hall–Kier alpha value is -1.96. The van der Waals surface area contributed by atoms with E-state index in [0.717, 1.165) is 11.4 Å². The van der Waals surface area contributed by atoms with Gasteiger partial charge in [-0.05, 0) is 31.0 Å². The number of benzene rings is 2. The normalized spacial score (nSPS) is 21.0. The first-order chi connectivity index (χ1) is 14.6. The highest BCUT2D eigenvalue weighted by atomic mass is 35.5. The van der Waals surface area contributed by atoms with Gasteiger partial charge in [-0.25, -0.2) is 9.37 Å². The van der Waals surface area contributed by atoms with E-state index in [1.54, 1.807) is 30.1 Å². The van der Waals surface area contributed by atoms with E-state index in [0.29, 0.717) is 29.3 Å². The van der Waals surface area contributed by atoms with Gasteiger partial charge in [0, 0.05) is 25.1 Å². The molecule has 0 saturated carbocycles. The third kappa shape index (κ3) is 5.10. The molecule has 1 saturated heterocycles. The molecule has 31 heavy (non-hydrogen) atoms. The minimum absolute atomic E-state index is 0. The first kappa shape index (κ1) is 23.7. The largest absolute Gasteiger partial charge is 0.379 e. The number of rotatable bonds is 6. The van der Waals surface area contributed by atoms with Crippen molar-refractivity contribution in [2.45, 2.75) is 38.3 Å². The van der Waals surface area contributed by atoms with Crippen LogP contribution >= 0.6 is 24.0 Å². The molecule has 8 heteroatoms. The molecule has 1 aliphatic heterocycles. The third-order valence-electron chi connectivity index (χ3n) is 5.43. The zero-order chi connectivity index (χ0) is 21.1. The predicted molar refractivity (Wildman–Crippen MR) is 120 cm³/mol. The molecule has 0 radical (unpaired) electrons. The van der Waals surface area contributed by atoms with E-state index in [4.69, 9.17) is 25.8 Å². The van der Waals surface area contributed by atoms with Gasteiger partial charge in [-0.2, -0.15) is 0 Å². The summed E-state index contributed by atoms with van der Waals surface area (Å²) in [5.74, 6) is 0.345. The summed E-state index contributed by atoms with van der Waals surface area (Å²) in [5.41, 5.74) is 1.94. The monoisotopic (exact) mass is 466 g/mol. The molecular weight excluding hydrogens is 442 g/mol. The molecule has 1 fully saturated rings. The van der Waals surface area contributed by atoms with Crippen LogP contribution in [0.25, 0.3) is 5.69 Å². The summed E-state index contributed by atoms with van der Waals surface area (Å²) in [6, 6.07) is 12.9. The SMILES string of the molecule is COC1CCOC(c2ccccc2)C1OCc1cc(Cl)c(-n2ccnc2C)cc1F.Cl. The number of imidazole rings is 1. The molecule has 2 heterocycles. The highest BCUT2D eigenvalue weighted by Gasteiger charge is 2.36. The summed E-state index contributed by atoms with van der Waals surface area (Å²) in [4.78, 5) is 4.17. The standard InChI is InChI=1S/C23H24ClFN2O3.ClH/c1-15-26-9-10-27(15)20-13-19(25)17(12-18(20)24)14-30-23-21(28-2)8-11-29-22(23)16-6-4-3-5-7-16;/h3-7,9-10,12-13,21-23H,8,11,14H2,1-2H3;1H. The number of aromatic nitrogens is 2. The Morgan fingerprint density at radius 1 is 1.26 bits per heavy atom. The van der Waals surface area contributed by atoms with Gasteiger partial charge < -0.3 is 18.8 Å². The second-order valence-electron chi connectivity index (χ2n) is 7.28. The summed E-state index contributed by atoms with van der Waals surface area (Å²) in [5, 5.41) is 0.430. The minimum Gasteiger partial charge on any atom is -0.379 e. The molecule has 1 aromatic heterocycles. The molecular formula is C23H25Cl2FN2O3. The van der Waals surface area contributed by atoms with Crippen molar-refractivity contribution < 1.29 is 18.6 Å². The molecule has 3 unspecified atom stereocenters. The zero-order valence-electron chi connectivity index (χ0n) is 17.3. The van der Waals surface area contributed by atoms with E-state index in [-0.39, 0.29) is 43.1 Å². The molecule has 0 spiro atoms. The second kappa shape index (κ2) is 10.6. The number of hydrogen-bond donors (Lipinski definition) is 0. The molecule has 1 aliphatic rings. The first-order valence-electron chi connectivity index (χ1n) is 9.87. The second-order valence-corrected chi connectivity index (χ2v) is 7.69. The smallest absolute Gasteiger partial charge is 0.130 e. The number of hydrogen-bond acceptors (Lipinski definition) is 4. The minimum atomic E-state index is -0.385. The summed E-state index contributed by atoms with van der Waals surface area (Å²) < 4.78 is 34.4. The number of aryl methyl sites for hydroxylation is 1. The predicted octanol–water partition coefficient (Wildman–Crippen LogP) is 5.46. The molecule has 5 nitrogen and oxygen atoms in total. The van der Waals surface area contributed by atoms with Gasteiger partial charge in [0.15, 0.2) is 0 Å². The van der Waals surface area contributed by atoms with Crippen LogP contribution in [0, 0.1) is 12.7 Å². The van der Waals surface area contributed by atoms with Crippen LogP contribution in [0.5, 0.6) is 0 Å². The number of ether oxygens (including phenoxy) is 3. The van der Waals surface area contributed by atoms with Crippen LogP contribution in [0.4, 0.5) is 4.39 Å². The van der Waals surface area contributed by atoms with Crippen molar-refractivity contribution in [3.05, 3.63) is 82.6 Å². The molecule has 3 aromatic rings. The van der Waals surface area contributed by atoms with Crippen LogP contribution in [0.3, 0.4) is 0 Å². The summed E-state index contributed by atoms with van der Waals surface area (Å²) in [7, 11) is 1.66. The fraction of sp³-hybridized carbons (Fsp3) is 0.348. The van der Waals surface area contributed by atoms with E-state index in [2.05, 4.69) is 4.98 Å². The number of nitrogens with zero attached hydrogens (tertiary/aromatic N) is 2. The van der Waals surface area contributed by atoms with Gasteiger partial charge in [0.1, 0.15) is 23.8 Å². The van der Waals surface area contributed by atoms with E-state index < -0.39 is 0 Å². The molecule has 4 rings (SSSR count). The van der Waals surface area contributed by atoms with E-state index in [1.165, 1.54) is 6.07 Å². The Balaban J connectivity index is 0.00000272. The Kier molecular flexibility index (Phi) is 8.08. The van der Waals surface area contributed by atoms with Crippen LogP contribution in [-0.2, 0) is 20.8 Å². The number of halogens is 3. The van der Waals surface area contributed by atoms with Gasteiger partial charge >= 0.3 is 0 Å². The lowest BCUT2D eigenvalue weighted by Crippen LogP contribution is -2.42. The Bertz CT molecular complexity index is 1000. The Morgan fingerprint density at radius 2 is 2.03 bits per heavy atom. The van der Waals surface area contributed by atoms with Crippen LogP contribution < -0.4 is 0 Å². The third-order valence-corrected chi connectivity index (χ3v) is 5.73. The molecule has 0 bridgehead atoms. The Labute approximate surface area is 192 Å². The van der Waals surface area contributed by atoms with E-state index >= 15 is 0 Å². The maximum atomic E-state index is 14.9. The van der Waals surface area contributed by atoms with Gasteiger partial charge in [-0.1, -0.05) is 41.9 Å². The summed E-state index contributed by atoms with van der Waals surface area (Å²) >= 11 is 6.45. The first-order valence-corrected chi connectivity index (χ1v) is 10.3. The average Bonchev–Trinajstić information content (AvgIpc) is 3.20. The van der Waals surface area contributed by atoms with Gasteiger partial charge in [0.2, 0.25) is 0 Å². The lowest BCUT2D eigenvalue weighted by Gasteiger charge is -2.37. The van der Waals surface area contributed by atoms with Crippen molar-refractivity contribution in [2.24, 2.45) is 0 Å². The van der Waals surface area contributed by atoms with Crippen molar-refractivity contribution in [1.29, 1.82) is 0 Å². The topological polar surface area (TPSA) is 45.5 Å². The lowest BCUT2D eigenvalue weighted by molar-refractivity contribution is -0.175. The van der Waals surface area contributed by atoms with Gasteiger partial charge in [-0.3, -0.25) is 0 Å². The van der Waals surface area contributed by atoms with Crippen molar-refractivity contribution >= 4 is 24.0 Å². The maximum absolute atomic E-state index is 14.9. The molecule has 3 atom stereocenters. The van der Waals surface area contributed by atoms with Crippen molar-refractivity contribution in [1.82, 2.24) is 9.55 Å². The van der Waals surface area contributed by atoms with E-state index in [1.807, 2.05) is 37.3 Å². The highest BCUT2D eigenvalue weighted by Crippen LogP contribution is 2.33.